The second-order valence-corrected chi connectivity index (χ2v) is 4.98. The van der Waals surface area contributed by atoms with Crippen LogP contribution in [0, 0.1) is 0 Å². The van der Waals surface area contributed by atoms with Gasteiger partial charge in [0, 0.05) is 22.8 Å². The van der Waals surface area contributed by atoms with Crippen molar-refractivity contribution in [2.45, 2.75) is 13.8 Å². The molecule has 1 heterocycles. The Balaban J connectivity index is 2.51. The van der Waals surface area contributed by atoms with Gasteiger partial charge in [0.2, 0.25) is 5.69 Å². The highest BCUT2D eigenvalue weighted by atomic mass is 79.9. The summed E-state index contributed by atoms with van der Waals surface area (Å²) in [5.74, 6) is 0. The Hall–Kier alpha value is -1.15. The van der Waals surface area contributed by atoms with Crippen molar-refractivity contribution in [1.29, 1.82) is 0 Å². The Kier molecular flexibility index (Phi) is 2.15. The summed E-state index contributed by atoms with van der Waals surface area (Å²) < 4.78 is 3.56. The Bertz CT molecular complexity index is 626. The molecule has 0 fully saturated rings. The lowest BCUT2D eigenvalue weighted by Gasteiger charge is -2.00. The molecule has 3 rings (SSSR count). The van der Waals surface area contributed by atoms with Gasteiger partial charge in [0.05, 0.1) is 10.9 Å². The predicted molar refractivity (Wildman–Crippen MR) is 71.9 cm³/mol. The summed E-state index contributed by atoms with van der Waals surface area (Å²) in [6.07, 6.45) is 0. The zero-order valence-electron chi connectivity index (χ0n) is 9.42. The Morgan fingerprint density at radius 1 is 1.19 bits per heavy atom. The van der Waals surface area contributed by atoms with Crippen LogP contribution in [-0.2, 0) is 0 Å². The Morgan fingerprint density at radius 2 is 2.00 bits per heavy atom. The third kappa shape index (κ3) is 1.14. The molecule has 0 bridgehead atoms. The van der Waals surface area contributed by atoms with Crippen molar-refractivity contribution in [1.82, 2.24) is 0 Å². The molecule has 0 unspecified atom stereocenters. The summed E-state index contributed by atoms with van der Waals surface area (Å²) in [5, 5.41) is 2.70. The van der Waals surface area contributed by atoms with Crippen LogP contribution in [0.4, 0.5) is 5.69 Å². The van der Waals surface area contributed by atoms with E-state index < -0.39 is 0 Å². The molecule has 0 atom stereocenters. The van der Waals surface area contributed by atoms with Crippen LogP contribution in [0.15, 0.2) is 34.8 Å². The van der Waals surface area contributed by atoms with Crippen LogP contribution in [0.25, 0.3) is 10.8 Å². The van der Waals surface area contributed by atoms with Crippen LogP contribution in [0.1, 0.15) is 19.4 Å². The molecule has 80 valence electrons. The molecule has 2 aromatic rings. The van der Waals surface area contributed by atoms with E-state index in [2.05, 4.69) is 64.7 Å². The van der Waals surface area contributed by atoms with E-state index in [-0.39, 0.29) is 0 Å². The zero-order chi connectivity index (χ0) is 11.3. The van der Waals surface area contributed by atoms with Gasteiger partial charge < -0.3 is 0 Å². The van der Waals surface area contributed by atoms with Gasteiger partial charge in [0.25, 0.3) is 0 Å². The molecule has 1 aliphatic rings. The fraction of sp³-hybridized carbons (Fsp3) is 0.214. The lowest BCUT2D eigenvalue weighted by atomic mass is 10.0. The molecule has 2 aromatic carbocycles. The van der Waals surface area contributed by atoms with E-state index in [1.807, 2.05) is 0 Å². The summed E-state index contributed by atoms with van der Waals surface area (Å²) >= 11 is 3.63. The van der Waals surface area contributed by atoms with Gasteiger partial charge in [-0.1, -0.05) is 28.1 Å². The summed E-state index contributed by atoms with van der Waals surface area (Å²) in [4.78, 5) is 0. The molecule has 0 spiro atoms. The average molecular weight is 275 g/mol. The van der Waals surface area contributed by atoms with Crippen molar-refractivity contribution in [3.8, 4) is 0 Å². The zero-order valence-corrected chi connectivity index (χ0v) is 11.0. The Morgan fingerprint density at radius 3 is 2.75 bits per heavy atom. The number of nitrogens with zero attached hydrogens (tertiary/aromatic N) is 1. The number of rotatable bonds is 1. The summed E-state index contributed by atoms with van der Waals surface area (Å²) in [7, 11) is 0. The van der Waals surface area contributed by atoms with Crippen LogP contribution in [0.5, 0.6) is 0 Å². The quantitative estimate of drug-likeness (QED) is 0.690. The fourth-order valence-electron chi connectivity index (χ4n) is 2.61. The molecule has 0 radical (unpaired) electrons. The van der Waals surface area contributed by atoms with Crippen molar-refractivity contribution in [3.63, 3.8) is 0 Å². The molecule has 1 nitrogen and oxygen atoms in total. The van der Waals surface area contributed by atoms with Crippen LogP contribution in [-0.4, -0.2) is 16.8 Å². The molecule has 0 amide bonds. The van der Waals surface area contributed by atoms with E-state index in [9.17, 15) is 0 Å². The second kappa shape index (κ2) is 3.42. The first-order chi connectivity index (χ1) is 7.74. The minimum atomic E-state index is 1.03. The molecule has 0 N–H and O–H groups in total. The highest BCUT2D eigenvalue weighted by Gasteiger charge is 2.28. The van der Waals surface area contributed by atoms with E-state index in [0.717, 1.165) is 6.54 Å². The van der Waals surface area contributed by atoms with E-state index in [4.69, 9.17) is 0 Å². The van der Waals surface area contributed by atoms with Crippen LogP contribution < -0.4 is 0 Å². The van der Waals surface area contributed by atoms with E-state index in [1.54, 1.807) is 0 Å². The number of hydrogen-bond acceptors (Lipinski definition) is 0. The van der Waals surface area contributed by atoms with Gasteiger partial charge in [-0.25, -0.2) is 0 Å². The first-order valence-corrected chi connectivity index (χ1v) is 6.36. The topological polar surface area (TPSA) is 3.01 Å². The van der Waals surface area contributed by atoms with Crippen molar-refractivity contribution in [2.75, 3.05) is 6.54 Å². The van der Waals surface area contributed by atoms with Crippen molar-refractivity contribution < 1.29 is 4.58 Å². The van der Waals surface area contributed by atoms with Crippen LogP contribution >= 0.6 is 15.9 Å². The first kappa shape index (κ1) is 10.0. The molecule has 0 aromatic heterocycles. The first-order valence-electron chi connectivity index (χ1n) is 5.56. The van der Waals surface area contributed by atoms with Crippen molar-refractivity contribution in [3.05, 3.63) is 40.4 Å². The van der Waals surface area contributed by atoms with Crippen LogP contribution in [0.2, 0.25) is 0 Å². The van der Waals surface area contributed by atoms with E-state index >= 15 is 0 Å². The molecule has 1 aliphatic heterocycles. The summed E-state index contributed by atoms with van der Waals surface area (Å²) in [6.45, 7) is 5.42. The molecule has 0 aliphatic carbocycles. The molecular weight excluding hydrogens is 262 g/mol. The summed E-state index contributed by atoms with van der Waals surface area (Å²) in [6, 6.07) is 10.9. The minimum Gasteiger partial charge on any atom is -0.196 e. The standard InChI is InChI=1S/C14H13BrN/c1-3-16-9(2)10-7-8-12(15)11-5-4-6-13(16)14(10)11/h4-8H,3H2,1-2H3/q+1. The number of benzene rings is 2. The van der Waals surface area contributed by atoms with Gasteiger partial charge in [-0.3, -0.25) is 0 Å². The Labute approximate surface area is 104 Å². The minimum absolute atomic E-state index is 1.03. The monoisotopic (exact) mass is 274 g/mol. The van der Waals surface area contributed by atoms with E-state index in [1.165, 1.54) is 32.2 Å². The van der Waals surface area contributed by atoms with Gasteiger partial charge in [0.1, 0.15) is 6.54 Å². The van der Waals surface area contributed by atoms with Crippen LogP contribution in [0.3, 0.4) is 0 Å². The largest absolute Gasteiger partial charge is 0.214 e. The second-order valence-electron chi connectivity index (χ2n) is 4.12. The smallest absolute Gasteiger partial charge is 0.196 e. The number of halogens is 1. The van der Waals surface area contributed by atoms with Gasteiger partial charge in [-0.15, -0.1) is 0 Å². The normalized spacial score (nSPS) is 13.9. The molecule has 0 saturated heterocycles. The fourth-order valence-corrected chi connectivity index (χ4v) is 3.07. The van der Waals surface area contributed by atoms with Gasteiger partial charge in [-0.05, 0) is 19.1 Å². The van der Waals surface area contributed by atoms with E-state index in [0.29, 0.717) is 0 Å². The predicted octanol–water partition coefficient (Wildman–Crippen LogP) is 4.09. The maximum atomic E-state index is 3.63. The lowest BCUT2D eigenvalue weighted by molar-refractivity contribution is -0.432. The third-order valence-corrected chi connectivity index (χ3v) is 4.06. The third-order valence-electron chi connectivity index (χ3n) is 3.37. The highest BCUT2D eigenvalue weighted by molar-refractivity contribution is 9.10. The van der Waals surface area contributed by atoms with Gasteiger partial charge in [-0.2, -0.15) is 4.58 Å². The summed E-state index contributed by atoms with van der Waals surface area (Å²) in [5.41, 5.74) is 4.07. The maximum Gasteiger partial charge on any atom is 0.214 e. The number of hydrogen-bond donors (Lipinski definition) is 0. The molecule has 0 saturated carbocycles. The molecular formula is C14H13BrN+. The highest BCUT2D eigenvalue weighted by Crippen LogP contribution is 2.38. The van der Waals surface area contributed by atoms with Gasteiger partial charge >= 0.3 is 0 Å². The van der Waals surface area contributed by atoms with Crippen molar-refractivity contribution in [2.24, 2.45) is 0 Å². The SMILES string of the molecule is CC[N+]1=C(C)c2ccc(Br)c3cccc1c23. The van der Waals surface area contributed by atoms with Crippen molar-refractivity contribution >= 4 is 38.1 Å². The lowest BCUT2D eigenvalue weighted by Crippen LogP contribution is -2.09. The average Bonchev–Trinajstić information content (AvgIpc) is 2.57. The molecule has 16 heavy (non-hydrogen) atoms. The molecule has 2 heteroatoms. The van der Waals surface area contributed by atoms with Gasteiger partial charge in [0.15, 0.2) is 5.71 Å². The maximum absolute atomic E-state index is 3.63.